The molecule has 0 aromatic heterocycles. The molecule has 3 amide bonds. The number of carbonyl (C=O) groups is 3. The van der Waals surface area contributed by atoms with Gasteiger partial charge in [0, 0.05) is 37.0 Å². The molecule has 32 heavy (non-hydrogen) atoms. The minimum atomic E-state index is -3.97. The van der Waals surface area contributed by atoms with Crippen molar-refractivity contribution in [1.82, 2.24) is 9.62 Å². The van der Waals surface area contributed by atoms with E-state index in [4.69, 9.17) is 0 Å². The highest BCUT2D eigenvalue weighted by molar-refractivity contribution is 7.89. The van der Waals surface area contributed by atoms with Crippen LogP contribution in [0.4, 0.5) is 11.4 Å². The van der Waals surface area contributed by atoms with Crippen molar-refractivity contribution in [2.75, 3.05) is 23.7 Å². The Bertz CT molecular complexity index is 1080. The standard InChI is InChI=1S/C22H28N4O5S/c1-5-26(6-2)22(29)17-8-7-9-19(14-17)24-21(28)15(3)25-32(30,31)20-12-10-18(11-13-20)23-16(4)27/h7-15,25H,5-6H2,1-4H3,(H,23,27)(H,24,28)/t15-/m0/s1. The summed E-state index contributed by atoms with van der Waals surface area (Å²) >= 11 is 0. The van der Waals surface area contributed by atoms with Crippen LogP contribution < -0.4 is 15.4 Å². The fourth-order valence-corrected chi connectivity index (χ4v) is 4.15. The highest BCUT2D eigenvalue weighted by Gasteiger charge is 2.22. The van der Waals surface area contributed by atoms with Crippen LogP contribution in [0.2, 0.25) is 0 Å². The van der Waals surface area contributed by atoms with Gasteiger partial charge in [-0.3, -0.25) is 14.4 Å². The van der Waals surface area contributed by atoms with Gasteiger partial charge >= 0.3 is 0 Å². The van der Waals surface area contributed by atoms with Crippen molar-refractivity contribution in [3.8, 4) is 0 Å². The van der Waals surface area contributed by atoms with Crippen molar-refractivity contribution < 1.29 is 22.8 Å². The smallest absolute Gasteiger partial charge is 0.253 e. The van der Waals surface area contributed by atoms with E-state index >= 15 is 0 Å². The minimum Gasteiger partial charge on any atom is -0.339 e. The van der Waals surface area contributed by atoms with Gasteiger partial charge in [0.1, 0.15) is 0 Å². The fraction of sp³-hybridized carbons (Fsp3) is 0.318. The molecular formula is C22H28N4O5S. The molecule has 0 fully saturated rings. The van der Waals surface area contributed by atoms with Crippen LogP contribution in [-0.2, 0) is 19.6 Å². The van der Waals surface area contributed by atoms with Gasteiger partial charge < -0.3 is 15.5 Å². The molecule has 1 atom stereocenters. The maximum Gasteiger partial charge on any atom is 0.253 e. The lowest BCUT2D eigenvalue weighted by molar-refractivity contribution is -0.117. The molecule has 0 aliphatic carbocycles. The van der Waals surface area contributed by atoms with Crippen LogP contribution in [0.1, 0.15) is 38.1 Å². The number of sulfonamides is 1. The molecule has 0 aliphatic rings. The highest BCUT2D eigenvalue weighted by Crippen LogP contribution is 2.16. The summed E-state index contributed by atoms with van der Waals surface area (Å²) in [4.78, 5) is 37.7. The summed E-state index contributed by atoms with van der Waals surface area (Å²) in [6, 6.07) is 11.0. The van der Waals surface area contributed by atoms with Gasteiger partial charge in [-0.25, -0.2) is 8.42 Å². The van der Waals surface area contributed by atoms with Crippen LogP contribution in [0.5, 0.6) is 0 Å². The molecule has 2 aromatic carbocycles. The molecule has 0 radical (unpaired) electrons. The predicted octanol–water partition coefficient (Wildman–Crippen LogP) is 2.43. The predicted molar refractivity (Wildman–Crippen MR) is 123 cm³/mol. The van der Waals surface area contributed by atoms with Crippen molar-refractivity contribution in [1.29, 1.82) is 0 Å². The van der Waals surface area contributed by atoms with E-state index < -0.39 is 22.0 Å². The van der Waals surface area contributed by atoms with Gasteiger partial charge in [-0.2, -0.15) is 4.72 Å². The Balaban J connectivity index is 2.07. The maximum atomic E-state index is 12.6. The molecular weight excluding hydrogens is 432 g/mol. The van der Waals surface area contributed by atoms with Gasteiger partial charge in [-0.1, -0.05) is 6.07 Å². The number of carbonyl (C=O) groups excluding carboxylic acids is 3. The van der Waals surface area contributed by atoms with Crippen molar-refractivity contribution in [3.05, 3.63) is 54.1 Å². The van der Waals surface area contributed by atoms with E-state index in [9.17, 15) is 22.8 Å². The van der Waals surface area contributed by atoms with Crippen LogP contribution >= 0.6 is 0 Å². The second-order valence-corrected chi connectivity index (χ2v) is 8.81. The van der Waals surface area contributed by atoms with Gasteiger partial charge in [0.05, 0.1) is 10.9 Å². The van der Waals surface area contributed by atoms with Crippen molar-refractivity contribution in [2.24, 2.45) is 0 Å². The van der Waals surface area contributed by atoms with E-state index in [2.05, 4.69) is 15.4 Å². The number of nitrogens with zero attached hydrogens (tertiary/aromatic N) is 1. The summed E-state index contributed by atoms with van der Waals surface area (Å²) in [7, 11) is -3.97. The monoisotopic (exact) mass is 460 g/mol. The molecule has 3 N–H and O–H groups in total. The van der Waals surface area contributed by atoms with E-state index in [1.807, 2.05) is 13.8 Å². The lowest BCUT2D eigenvalue weighted by Crippen LogP contribution is -2.41. The van der Waals surface area contributed by atoms with Crippen molar-refractivity contribution in [2.45, 2.75) is 38.6 Å². The Morgan fingerprint density at radius 3 is 2.12 bits per heavy atom. The first kappa shape index (κ1) is 25.0. The number of rotatable bonds is 9. The second kappa shape index (κ2) is 10.9. The SMILES string of the molecule is CCN(CC)C(=O)c1cccc(NC(=O)[C@H](C)NS(=O)(=O)c2ccc(NC(C)=O)cc2)c1. The third-order valence-electron chi connectivity index (χ3n) is 4.64. The molecule has 10 heteroatoms. The third kappa shape index (κ3) is 6.63. The Morgan fingerprint density at radius 1 is 0.938 bits per heavy atom. The molecule has 0 unspecified atom stereocenters. The van der Waals surface area contributed by atoms with Crippen LogP contribution in [-0.4, -0.2) is 50.2 Å². The van der Waals surface area contributed by atoms with Crippen LogP contribution in [0.3, 0.4) is 0 Å². The number of benzene rings is 2. The number of nitrogens with one attached hydrogen (secondary N) is 3. The van der Waals surface area contributed by atoms with E-state index in [0.717, 1.165) is 0 Å². The van der Waals surface area contributed by atoms with Crippen molar-refractivity contribution in [3.63, 3.8) is 0 Å². The Morgan fingerprint density at radius 2 is 1.56 bits per heavy atom. The lowest BCUT2D eigenvalue weighted by Gasteiger charge is -2.19. The topological polar surface area (TPSA) is 125 Å². The number of amides is 3. The van der Waals surface area contributed by atoms with Crippen LogP contribution in [0, 0.1) is 0 Å². The van der Waals surface area contributed by atoms with Gasteiger partial charge in [-0.15, -0.1) is 0 Å². The molecule has 0 heterocycles. The average Bonchev–Trinajstić information content (AvgIpc) is 2.74. The summed E-state index contributed by atoms with van der Waals surface area (Å²) in [6.45, 7) is 7.67. The van der Waals surface area contributed by atoms with Gasteiger partial charge in [-0.05, 0) is 63.2 Å². The quantitative estimate of drug-likeness (QED) is 0.530. The van der Waals surface area contributed by atoms with Crippen LogP contribution in [0.25, 0.3) is 0 Å². The molecule has 0 bridgehead atoms. The molecule has 172 valence electrons. The zero-order valence-corrected chi connectivity index (χ0v) is 19.3. The van der Waals surface area contributed by atoms with E-state index in [-0.39, 0.29) is 16.7 Å². The fourth-order valence-electron chi connectivity index (χ4n) is 2.95. The largest absolute Gasteiger partial charge is 0.339 e. The third-order valence-corrected chi connectivity index (χ3v) is 6.19. The molecule has 0 aliphatic heterocycles. The second-order valence-electron chi connectivity index (χ2n) is 7.10. The first-order chi connectivity index (χ1) is 15.1. The maximum absolute atomic E-state index is 12.6. The van der Waals surface area contributed by atoms with Crippen LogP contribution in [0.15, 0.2) is 53.4 Å². The first-order valence-corrected chi connectivity index (χ1v) is 11.7. The normalized spacial score (nSPS) is 12.0. The summed E-state index contributed by atoms with van der Waals surface area (Å²) < 4.78 is 27.5. The number of hydrogen-bond donors (Lipinski definition) is 3. The number of anilines is 2. The zero-order valence-electron chi connectivity index (χ0n) is 18.5. The van der Waals surface area contributed by atoms with E-state index in [0.29, 0.717) is 30.0 Å². The van der Waals surface area contributed by atoms with Gasteiger partial charge in [0.15, 0.2) is 0 Å². The summed E-state index contributed by atoms with van der Waals surface area (Å²) in [5.41, 5.74) is 1.28. The highest BCUT2D eigenvalue weighted by atomic mass is 32.2. The van der Waals surface area contributed by atoms with Crippen molar-refractivity contribution >= 4 is 39.1 Å². The molecule has 0 saturated carbocycles. The molecule has 2 rings (SSSR count). The zero-order chi connectivity index (χ0) is 23.9. The lowest BCUT2D eigenvalue weighted by atomic mass is 10.1. The molecule has 2 aromatic rings. The van der Waals surface area contributed by atoms with E-state index in [1.54, 1.807) is 29.2 Å². The Labute approximate surface area is 188 Å². The summed E-state index contributed by atoms with van der Waals surface area (Å²) in [6.07, 6.45) is 0. The minimum absolute atomic E-state index is 0.0435. The Hall–Kier alpha value is -3.24. The first-order valence-electron chi connectivity index (χ1n) is 10.2. The van der Waals surface area contributed by atoms with Gasteiger partial charge in [0.2, 0.25) is 21.8 Å². The average molecular weight is 461 g/mol. The summed E-state index contributed by atoms with van der Waals surface area (Å²) in [5, 5.41) is 5.18. The summed E-state index contributed by atoms with van der Waals surface area (Å²) in [5.74, 6) is -0.995. The molecule has 9 nitrogen and oxygen atoms in total. The molecule has 0 saturated heterocycles. The Kier molecular flexibility index (Phi) is 8.50. The molecule has 0 spiro atoms. The van der Waals surface area contributed by atoms with Gasteiger partial charge in [0.25, 0.3) is 5.91 Å². The van der Waals surface area contributed by atoms with E-state index in [1.165, 1.54) is 38.1 Å². The number of hydrogen-bond acceptors (Lipinski definition) is 5.